The van der Waals surface area contributed by atoms with Gasteiger partial charge in [-0.05, 0) is 30.4 Å². The zero-order chi connectivity index (χ0) is 31.4. The second-order valence-corrected chi connectivity index (χ2v) is 12.5. The van der Waals surface area contributed by atoms with Gasteiger partial charge in [-0.15, -0.1) is 12.0 Å². The molecule has 1 saturated carbocycles. The molecule has 0 spiro atoms. The Kier molecular flexibility index (Phi) is 6.86. The number of nitriles is 1. The molecule has 2 aliphatic rings. The second kappa shape index (κ2) is 10.4. The maximum absolute atomic E-state index is 14.0. The third kappa shape index (κ3) is 5.12. The number of halogens is 3. The Balaban J connectivity index is 1.48. The largest absolute Gasteiger partial charge is 0.413 e. The van der Waals surface area contributed by atoms with Crippen molar-refractivity contribution in [3.8, 4) is 18.4 Å². The van der Waals surface area contributed by atoms with Crippen molar-refractivity contribution in [2.45, 2.75) is 51.4 Å². The maximum Gasteiger partial charge on any atom is 0.413 e. The van der Waals surface area contributed by atoms with Gasteiger partial charge in [-0.2, -0.15) is 23.5 Å². The molecule has 1 atom stereocenters. The molecule has 0 amide bonds. The molecule has 9 nitrogen and oxygen atoms in total. The Bertz CT molecular complexity index is 1880. The Morgan fingerprint density at radius 3 is 2.59 bits per heavy atom. The average Bonchev–Trinajstić information content (AvgIpc) is 3.49. The van der Waals surface area contributed by atoms with Crippen LogP contribution in [0.25, 0.3) is 21.8 Å². The van der Waals surface area contributed by atoms with Crippen molar-refractivity contribution in [1.29, 1.82) is 5.26 Å². The van der Waals surface area contributed by atoms with Crippen molar-refractivity contribution in [2.75, 3.05) is 17.2 Å². The van der Waals surface area contributed by atoms with E-state index < -0.39 is 17.8 Å². The van der Waals surface area contributed by atoms with Crippen LogP contribution in [0.4, 0.5) is 24.5 Å². The predicted octanol–water partition coefficient (Wildman–Crippen LogP) is 5.85. The molecular formula is C32H32F3N9. The van der Waals surface area contributed by atoms with E-state index in [9.17, 15) is 18.4 Å². The van der Waals surface area contributed by atoms with Crippen LogP contribution in [-0.2, 0) is 7.05 Å². The molecule has 6 rings (SSSR count). The van der Waals surface area contributed by atoms with Gasteiger partial charge in [0.2, 0.25) is 0 Å². The summed E-state index contributed by atoms with van der Waals surface area (Å²) in [7, 11) is 1.81. The Morgan fingerprint density at radius 2 is 1.93 bits per heavy atom. The highest BCUT2D eigenvalue weighted by Gasteiger charge is 2.67. The minimum atomic E-state index is -4.41. The lowest BCUT2D eigenvalue weighted by Crippen LogP contribution is -2.52. The van der Waals surface area contributed by atoms with Crippen LogP contribution >= 0.6 is 0 Å². The molecule has 1 fully saturated rings. The number of terminal acetylenes is 1. The van der Waals surface area contributed by atoms with Crippen LogP contribution in [0.15, 0.2) is 54.6 Å². The van der Waals surface area contributed by atoms with Gasteiger partial charge in [0, 0.05) is 54.2 Å². The van der Waals surface area contributed by atoms with Crippen LogP contribution in [-0.4, -0.2) is 38.0 Å². The molecule has 44 heavy (non-hydrogen) atoms. The number of hydrogen-bond donors (Lipinski definition) is 4. The Labute approximate surface area is 253 Å². The molecule has 1 aliphatic heterocycles. The minimum Gasteiger partial charge on any atom is -0.383 e. The molecule has 2 aromatic heterocycles. The lowest BCUT2D eigenvalue weighted by molar-refractivity contribution is -0.195. The monoisotopic (exact) mass is 599 g/mol. The molecular weight excluding hydrogens is 567 g/mol. The zero-order valence-electron chi connectivity index (χ0n) is 24.8. The molecule has 226 valence electrons. The zero-order valence-corrected chi connectivity index (χ0v) is 24.8. The van der Waals surface area contributed by atoms with Gasteiger partial charge in [0.25, 0.3) is 0 Å². The Hall–Kier alpha value is -4.94. The highest BCUT2D eigenvalue weighted by Crippen LogP contribution is 2.54. The van der Waals surface area contributed by atoms with Crippen LogP contribution in [0.1, 0.15) is 56.3 Å². The van der Waals surface area contributed by atoms with Crippen LogP contribution in [0.3, 0.4) is 0 Å². The summed E-state index contributed by atoms with van der Waals surface area (Å²) in [6.07, 6.45) is 6.34. The summed E-state index contributed by atoms with van der Waals surface area (Å²) in [4.78, 5) is 4.50. The lowest BCUT2D eigenvalue weighted by Gasteiger charge is -2.28. The quantitative estimate of drug-likeness (QED) is 0.196. The molecule has 0 radical (unpaired) electrons. The smallest absolute Gasteiger partial charge is 0.383 e. The van der Waals surface area contributed by atoms with Crippen molar-refractivity contribution in [3.05, 3.63) is 71.3 Å². The number of aromatic nitrogens is 3. The van der Waals surface area contributed by atoms with Crippen LogP contribution in [0.2, 0.25) is 0 Å². The number of pyridine rings is 1. The van der Waals surface area contributed by atoms with Gasteiger partial charge in [0.1, 0.15) is 6.07 Å². The number of nitrogens with zero attached hydrogens (tertiary/aromatic N) is 5. The van der Waals surface area contributed by atoms with Crippen LogP contribution < -0.4 is 21.6 Å². The van der Waals surface area contributed by atoms with E-state index >= 15 is 0 Å². The highest BCUT2D eigenvalue weighted by molar-refractivity contribution is 5.99. The fourth-order valence-corrected chi connectivity index (χ4v) is 5.52. The molecule has 0 saturated heterocycles. The minimum absolute atomic E-state index is 0.00602. The first kappa shape index (κ1) is 29.1. The number of benzene rings is 2. The number of aryl methyl sites for hydroxylation is 1. The van der Waals surface area contributed by atoms with E-state index in [0.717, 1.165) is 16.0 Å². The van der Waals surface area contributed by atoms with Crippen molar-refractivity contribution in [2.24, 2.45) is 12.5 Å². The van der Waals surface area contributed by atoms with Crippen molar-refractivity contribution >= 4 is 33.2 Å². The predicted molar refractivity (Wildman–Crippen MR) is 164 cm³/mol. The number of alkyl halides is 3. The van der Waals surface area contributed by atoms with Gasteiger partial charge < -0.3 is 16.1 Å². The summed E-state index contributed by atoms with van der Waals surface area (Å²) in [6.45, 7) is 6.91. The summed E-state index contributed by atoms with van der Waals surface area (Å²) < 4.78 is 43.7. The van der Waals surface area contributed by atoms with Gasteiger partial charge >= 0.3 is 6.18 Å². The lowest BCUT2D eigenvalue weighted by atomic mass is 9.96. The first-order valence-electron chi connectivity index (χ1n) is 14.2. The molecule has 0 unspecified atom stereocenters. The molecule has 4 N–H and O–H groups in total. The van der Waals surface area contributed by atoms with Gasteiger partial charge in [-0.25, -0.2) is 0 Å². The number of rotatable bonds is 7. The second-order valence-electron chi connectivity index (χ2n) is 12.5. The van der Waals surface area contributed by atoms with Crippen molar-refractivity contribution in [3.63, 3.8) is 0 Å². The van der Waals surface area contributed by atoms with E-state index in [1.807, 2.05) is 37.5 Å². The standard InChI is InChI=1S/C32H32F3N9/c1-6-19-15-37-27-21(14-36)12-22(13-24(27)26(19)38-18-30(2,3)4)39-29(23-9-7-8-20-16-43(5)41-28(20)23)25-17-44(42-40-25)31(10-11-31)32(33,34)35/h1,7-9,12-13,15-17,29,39-40,42H,10-11,18H2,2-5H3,(H,37,38)/t29-/m0/s1. The van der Waals surface area contributed by atoms with E-state index in [4.69, 9.17) is 6.42 Å². The Morgan fingerprint density at radius 1 is 1.16 bits per heavy atom. The van der Waals surface area contributed by atoms with Crippen LogP contribution in [0, 0.1) is 29.1 Å². The number of nitrogens with one attached hydrogen (secondary N) is 4. The van der Waals surface area contributed by atoms with Crippen LogP contribution in [0.5, 0.6) is 0 Å². The van der Waals surface area contributed by atoms with E-state index in [0.29, 0.717) is 51.2 Å². The summed E-state index contributed by atoms with van der Waals surface area (Å²) >= 11 is 0. The number of hydrazine groups is 2. The first-order valence-corrected chi connectivity index (χ1v) is 14.2. The van der Waals surface area contributed by atoms with E-state index in [2.05, 4.69) is 64.4 Å². The molecule has 1 aliphatic carbocycles. The normalized spacial score (nSPS) is 16.7. The number of fused-ring (bicyclic) bond motifs is 2. The summed E-state index contributed by atoms with van der Waals surface area (Å²) in [6, 6.07) is 10.8. The van der Waals surface area contributed by atoms with E-state index in [1.165, 1.54) is 6.20 Å². The van der Waals surface area contributed by atoms with E-state index in [1.54, 1.807) is 16.9 Å². The maximum atomic E-state index is 14.0. The summed E-state index contributed by atoms with van der Waals surface area (Å²) in [5.41, 5.74) is 8.16. The third-order valence-electron chi connectivity index (χ3n) is 7.96. The fraction of sp³-hybridized carbons (Fsp3) is 0.344. The third-order valence-corrected chi connectivity index (χ3v) is 7.96. The molecule has 4 aromatic rings. The SMILES string of the molecule is C#Cc1cnc2c(C#N)cc(N[C@H](C3=CN(C4(C(F)(F)F)CC4)NN3)c3cccc4cn(C)nc34)cc2c1NCC(C)(C)C. The van der Waals surface area contributed by atoms with Crippen molar-refractivity contribution < 1.29 is 13.2 Å². The molecule has 2 aromatic carbocycles. The molecule has 12 heteroatoms. The summed E-state index contributed by atoms with van der Waals surface area (Å²) in [5, 5.41) is 24.3. The fourth-order valence-electron chi connectivity index (χ4n) is 5.52. The average molecular weight is 600 g/mol. The van der Waals surface area contributed by atoms with Gasteiger partial charge in [-0.3, -0.25) is 14.7 Å². The molecule has 0 bridgehead atoms. The summed E-state index contributed by atoms with van der Waals surface area (Å²) in [5.74, 6) is 2.69. The molecule has 3 heterocycles. The number of hydrogen-bond acceptors (Lipinski definition) is 8. The van der Waals surface area contributed by atoms with Gasteiger partial charge in [0.05, 0.1) is 39.6 Å². The van der Waals surface area contributed by atoms with Gasteiger partial charge in [0.15, 0.2) is 5.54 Å². The van der Waals surface area contributed by atoms with Gasteiger partial charge in [-0.1, -0.05) is 44.9 Å². The number of anilines is 2. The topological polar surface area (TPSA) is 106 Å². The van der Waals surface area contributed by atoms with Crippen molar-refractivity contribution in [1.82, 2.24) is 30.7 Å². The highest BCUT2D eigenvalue weighted by atomic mass is 19.4. The first-order chi connectivity index (χ1) is 20.8. The van der Waals surface area contributed by atoms with E-state index in [-0.39, 0.29) is 18.3 Å².